The number of halogens is 1. The van der Waals surface area contributed by atoms with Gasteiger partial charge in [0.25, 0.3) is 0 Å². The highest BCUT2D eigenvalue weighted by Gasteiger charge is 2.28. The highest BCUT2D eigenvalue weighted by Crippen LogP contribution is 2.27. The number of rotatable bonds is 10. The highest BCUT2D eigenvalue weighted by molar-refractivity contribution is 7.89. The third-order valence-corrected chi connectivity index (χ3v) is 8.73. The second-order valence-corrected chi connectivity index (χ2v) is 11.5. The number of sulfonamides is 1. The molecule has 0 aliphatic carbocycles. The summed E-state index contributed by atoms with van der Waals surface area (Å²) < 4.78 is 32.0. The van der Waals surface area contributed by atoms with E-state index in [2.05, 4.69) is 20.8 Å². The van der Waals surface area contributed by atoms with Crippen LogP contribution in [0.1, 0.15) is 45.4 Å². The van der Waals surface area contributed by atoms with Gasteiger partial charge in [0.1, 0.15) is 0 Å². The molecule has 0 amide bonds. The van der Waals surface area contributed by atoms with Crippen molar-refractivity contribution >= 4 is 27.6 Å². The van der Waals surface area contributed by atoms with Crippen molar-refractivity contribution in [3.63, 3.8) is 0 Å². The molecule has 2 aliphatic rings. The summed E-state index contributed by atoms with van der Waals surface area (Å²) in [5.41, 5.74) is 0. The average Bonchev–Trinajstić information content (AvgIpc) is 2.80. The third kappa shape index (κ3) is 7.31. The minimum Gasteiger partial charge on any atom is -0.380 e. The maximum atomic E-state index is 12.2. The zero-order chi connectivity index (χ0) is 23.0. The minimum atomic E-state index is -3.09. The molecular weight excluding hydrogens is 448 g/mol. The first-order valence-electron chi connectivity index (χ1n) is 11.7. The molecule has 3 rings (SSSR count). The fraction of sp³-hybridized carbons (Fsp3) is 0.739. The van der Waals surface area contributed by atoms with Crippen molar-refractivity contribution in [2.75, 3.05) is 50.0 Å². The Kier molecular flexibility index (Phi) is 9.60. The molecule has 2 fully saturated rings. The SMILES string of the molecule is C#C[C@@H](COCC1CCN(S(=O)(=O)CCC)CC1)CC1CCN(c2ncc(Cl)cn2)CC1. The van der Waals surface area contributed by atoms with Gasteiger partial charge in [-0.3, -0.25) is 0 Å². The molecular formula is C23H35ClN4O3S. The number of piperidine rings is 2. The number of ether oxygens (including phenoxy) is 1. The van der Waals surface area contributed by atoms with E-state index in [1.807, 2.05) is 6.92 Å². The maximum Gasteiger partial charge on any atom is 0.225 e. The van der Waals surface area contributed by atoms with E-state index in [9.17, 15) is 8.42 Å². The van der Waals surface area contributed by atoms with E-state index in [1.54, 1.807) is 16.7 Å². The molecule has 1 atom stereocenters. The molecule has 1 aromatic rings. The molecule has 32 heavy (non-hydrogen) atoms. The van der Waals surface area contributed by atoms with Crippen LogP contribution in [0.15, 0.2) is 12.4 Å². The van der Waals surface area contributed by atoms with Crippen LogP contribution < -0.4 is 4.90 Å². The quantitative estimate of drug-likeness (QED) is 0.475. The second-order valence-electron chi connectivity index (χ2n) is 8.93. The summed E-state index contributed by atoms with van der Waals surface area (Å²) in [6.45, 7) is 6.18. The van der Waals surface area contributed by atoms with E-state index < -0.39 is 10.0 Å². The van der Waals surface area contributed by atoms with Gasteiger partial charge in [0.15, 0.2) is 0 Å². The maximum absolute atomic E-state index is 12.2. The Morgan fingerprint density at radius 2 is 1.78 bits per heavy atom. The molecule has 2 aliphatic heterocycles. The third-order valence-electron chi connectivity index (χ3n) is 6.46. The van der Waals surface area contributed by atoms with E-state index in [0.717, 1.165) is 51.1 Å². The number of anilines is 1. The first kappa shape index (κ1) is 25.2. The summed E-state index contributed by atoms with van der Waals surface area (Å²) in [7, 11) is -3.09. The summed E-state index contributed by atoms with van der Waals surface area (Å²) in [4.78, 5) is 10.8. The van der Waals surface area contributed by atoms with E-state index in [-0.39, 0.29) is 11.7 Å². The van der Waals surface area contributed by atoms with Crippen molar-refractivity contribution in [2.45, 2.75) is 45.4 Å². The van der Waals surface area contributed by atoms with Gasteiger partial charge in [0, 0.05) is 38.7 Å². The van der Waals surface area contributed by atoms with Gasteiger partial charge in [-0.15, -0.1) is 12.3 Å². The molecule has 7 nitrogen and oxygen atoms in total. The predicted octanol–water partition coefficient (Wildman–Crippen LogP) is 3.45. The van der Waals surface area contributed by atoms with E-state index >= 15 is 0 Å². The van der Waals surface area contributed by atoms with Crippen LogP contribution in [0.25, 0.3) is 0 Å². The summed E-state index contributed by atoms with van der Waals surface area (Å²) in [5.74, 6) is 4.99. The van der Waals surface area contributed by atoms with Gasteiger partial charge in [-0.25, -0.2) is 22.7 Å². The number of aromatic nitrogens is 2. The zero-order valence-corrected chi connectivity index (χ0v) is 20.5. The van der Waals surface area contributed by atoms with Gasteiger partial charge in [-0.05, 0) is 50.4 Å². The lowest BCUT2D eigenvalue weighted by Crippen LogP contribution is -2.40. The normalized spacial score (nSPS) is 20.2. The Labute approximate surface area is 197 Å². The van der Waals surface area contributed by atoms with Gasteiger partial charge in [0.05, 0.1) is 29.8 Å². The van der Waals surface area contributed by atoms with Crippen LogP contribution in [0.5, 0.6) is 0 Å². The Hall–Kier alpha value is -1.40. The summed E-state index contributed by atoms with van der Waals surface area (Å²) in [5, 5.41) is 0.549. The van der Waals surface area contributed by atoms with Crippen molar-refractivity contribution < 1.29 is 13.2 Å². The molecule has 0 aromatic carbocycles. The molecule has 0 N–H and O–H groups in total. The van der Waals surface area contributed by atoms with Crippen LogP contribution in [-0.2, 0) is 14.8 Å². The van der Waals surface area contributed by atoms with Crippen LogP contribution in [0.4, 0.5) is 5.95 Å². The largest absolute Gasteiger partial charge is 0.380 e. The number of hydrogen-bond donors (Lipinski definition) is 0. The minimum absolute atomic E-state index is 0.114. The average molecular weight is 483 g/mol. The van der Waals surface area contributed by atoms with Crippen LogP contribution in [-0.4, -0.2) is 67.8 Å². The Balaban J connectivity index is 1.34. The lowest BCUT2D eigenvalue weighted by Gasteiger charge is -2.33. The predicted molar refractivity (Wildman–Crippen MR) is 128 cm³/mol. The highest BCUT2D eigenvalue weighted by atomic mass is 35.5. The summed E-state index contributed by atoms with van der Waals surface area (Å²) in [6, 6.07) is 0. The molecule has 0 spiro atoms. The standard InChI is InChI=1S/C23H35ClN4O3S/c1-3-13-32(29,30)28-11-7-21(8-12-28)18-31-17-19(4-2)14-20-5-9-27(10-6-20)23-25-15-22(24)16-26-23/h2,15-16,19-21H,3,5-14,17-18H2,1H3/t19-/m1/s1. The lowest BCUT2D eigenvalue weighted by molar-refractivity contribution is 0.0612. The van der Waals surface area contributed by atoms with Gasteiger partial charge >= 0.3 is 0 Å². The van der Waals surface area contributed by atoms with E-state index in [0.29, 0.717) is 49.6 Å². The van der Waals surface area contributed by atoms with Crippen LogP contribution in [0, 0.1) is 30.1 Å². The molecule has 178 valence electrons. The monoisotopic (exact) mass is 482 g/mol. The van der Waals surface area contributed by atoms with Crippen molar-refractivity contribution in [3.05, 3.63) is 17.4 Å². The molecule has 1 aromatic heterocycles. The fourth-order valence-corrected chi connectivity index (χ4v) is 6.18. The topological polar surface area (TPSA) is 75.6 Å². The first-order chi connectivity index (χ1) is 15.4. The molecule has 3 heterocycles. The van der Waals surface area contributed by atoms with Crippen LogP contribution in [0.3, 0.4) is 0 Å². The van der Waals surface area contributed by atoms with Gasteiger partial charge in [-0.2, -0.15) is 0 Å². The number of hydrogen-bond acceptors (Lipinski definition) is 6. The van der Waals surface area contributed by atoms with Crippen molar-refractivity contribution in [3.8, 4) is 12.3 Å². The van der Waals surface area contributed by atoms with Gasteiger partial charge < -0.3 is 9.64 Å². The Bertz CT molecular complexity index is 843. The summed E-state index contributed by atoms with van der Waals surface area (Å²) in [6.07, 6.45) is 14.5. The molecule has 0 saturated carbocycles. The van der Waals surface area contributed by atoms with E-state index in [1.165, 1.54) is 0 Å². The van der Waals surface area contributed by atoms with Gasteiger partial charge in [-0.1, -0.05) is 18.5 Å². The van der Waals surface area contributed by atoms with Crippen LogP contribution >= 0.6 is 11.6 Å². The van der Waals surface area contributed by atoms with E-state index in [4.69, 9.17) is 22.8 Å². The van der Waals surface area contributed by atoms with Crippen molar-refractivity contribution in [2.24, 2.45) is 17.8 Å². The number of nitrogens with zero attached hydrogens (tertiary/aromatic N) is 4. The molecule has 0 radical (unpaired) electrons. The fourth-order valence-electron chi connectivity index (χ4n) is 4.54. The van der Waals surface area contributed by atoms with Crippen molar-refractivity contribution in [1.82, 2.24) is 14.3 Å². The lowest BCUT2D eigenvalue weighted by atomic mass is 9.88. The Morgan fingerprint density at radius 1 is 1.16 bits per heavy atom. The molecule has 0 unspecified atom stereocenters. The molecule has 9 heteroatoms. The molecule has 0 bridgehead atoms. The smallest absolute Gasteiger partial charge is 0.225 e. The molecule has 2 saturated heterocycles. The second kappa shape index (κ2) is 12.2. The zero-order valence-electron chi connectivity index (χ0n) is 19.0. The van der Waals surface area contributed by atoms with Crippen LogP contribution in [0.2, 0.25) is 5.02 Å². The summed E-state index contributed by atoms with van der Waals surface area (Å²) >= 11 is 5.87. The first-order valence-corrected chi connectivity index (χ1v) is 13.6. The van der Waals surface area contributed by atoms with Crippen molar-refractivity contribution in [1.29, 1.82) is 0 Å². The Morgan fingerprint density at radius 3 is 2.38 bits per heavy atom. The van der Waals surface area contributed by atoms with Gasteiger partial charge in [0.2, 0.25) is 16.0 Å². The number of terminal acetylenes is 1.